The van der Waals surface area contributed by atoms with Crippen LogP contribution in [0.3, 0.4) is 0 Å². The molecule has 1 aromatic rings. The van der Waals surface area contributed by atoms with Crippen molar-refractivity contribution in [2.24, 2.45) is 0 Å². The zero-order chi connectivity index (χ0) is 12.0. The summed E-state index contributed by atoms with van der Waals surface area (Å²) in [5.74, 6) is 5.41. The van der Waals surface area contributed by atoms with Crippen LogP contribution in [-0.4, -0.2) is 17.6 Å². The van der Waals surface area contributed by atoms with Gasteiger partial charge in [0.2, 0.25) is 0 Å². The average molecular weight is 217 g/mol. The number of carbonyl (C=O) groups is 1. The molecule has 84 valence electrons. The number of aryl methyl sites for hydroxylation is 2. The van der Waals surface area contributed by atoms with Crippen molar-refractivity contribution in [1.29, 1.82) is 0 Å². The molecule has 0 atom stereocenters. The maximum atomic E-state index is 11.0. The number of hydrogen-bond donors (Lipinski definition) is 0. The normalized spacial score (nSPS) is 9.19. The van der Waals surface area contributed by atoms with Gasteiger partial charge in [-0.15, -0.1) is 0 Å². The topological polar surface area (TPSA) is 39.2 Å². The molecule has 0 bridgehead atoms. The molecule has 0 radical (unpaired) electrons. The van der Waals surface area contributed by atoms with Crippen LogP contribution >= 0.6 is 0 Å². The van der Waals surface area contributed by atoms with E-state index in [4.69, 9.17) is 4.74 Å². The first-order valence-corrected chi connectivity index (χ1v) is 5.22. The number of carbonyl (C=O) groups excluding carboxylic acids is 1. The van der Waals surface area contributed by atoms with Crippen LogP contribution in [0.1, 0.15) is 30.3 Å². The van der Waals surface area contributed by atoms with Gasteiger partial charge in [-0.05, 0) is 32.9 Å². The van der Waals surface area contributed by atoms with Crippen molar-refractivity contribution in [2.75, 3.05) is 6.61 Å². The van der Waals surface area contributed by atoms with E-state index >= 15 is 0 Å². The van der Waals surface area contributed by atoms with Crippen LogP contribution in [0.15, 0.2) is 12.1 Å². The number of rotatable bonds is 2. The van der Waals surface area contributed by atoms with Gasteiger partial charge in [-0.2, -0.15) is 0 Å². The van der Waals surface area contributed by atoms with Crippen LogP contribution in [0.4, 0.5) is 0 Å². The largest absolute Gasteiger partial charge is 0.465 e. The molecule has 0 unspecified atom stereocenters. The lowest BCUT2D eigenvalue weighted by atomic mass is 10.2. The molecule has 0 aliphatic carbocycles. The second-order valence-corrected chi connectivity index (χ2v) is 3.37. The number of aromatic nitrogens is 1. The summed E-state index contributed by atoms with van der Waals surface area (Å²) in [6.07, 6.45) is 0.126. The van der Waals surface area contributed by atoms with Gasteiger partial charge in [-0.3, -0.25) is 9.78 Å². The molecule has 3 nitrogen and oxygen atoms in total. The molecule has 3 heteroatoms. The van der Waals surface area contributed by atoms with E-state index in [0.29, 0.717) is 6.61 Å². The maximum Gasteiger partial charge on any atom is 0.317 e. The Labute approximate surface area is 95.8 Å². The Morgan fingerprint density at radius 3 is 2.81 bits per heavy atom. The van der Waals surface area contributed by atoms with Gasteiger partial charge in [0.1, 0.15) is 6.42 Å². The summed E-state index contributed by atoms with van der Waals surface area (Å²) in [5, 5.41) is 0. The van der Waals surface area contributed by atoms with Crippen molar-refractivity contribution < 1.29 is 9.53 Å². The molecule has 0 saturated heterocycles. The fourth-order valence-corrected chi connectivity index (χ4v) is 1.24. The van der Waals surface area contributed by atoms with Crippen molar-refractivity contribution in [3.63, 3.8) is 0 Å². The molecule has 0 fully saturated rings. The molecule has 16 heavy (non-hydrogen) atoms. The van der Waals surface area contributed by atoms with Crippen LogP contribution in [0.2, 0.25) is 0 Å². The Morgan fingerprint density at radius 2 is 2.19 bits per heavy atom. The SMILES string of the molecule is CCOC(=O)CC#Cc1ccc(C)nc1C. The van der Waals surface area contributed by atoms with Crippen LogP contribution in [0.5, 0.6) is 0 Å². The summed E-state index contributed by atoms with van der Waals surface area (Å²) >= 11 is 0. The summed E-state index contributed by atoms with van der Waals surface area (Å²) in [7, 11) is 0. The van der Waals surface area contributed by atoms with Gasteiger partial charge in [0, 0.05) is 11.3 Å². The zero-order valence-electron chi connectivity index (χ0n) is 9.83. The van der Waals surface area contributed by atoms with E-state index in [1.54, 1.807) is 6.92 Å². The summed E-state index contributed by atoms with van der Waals surface area (Å²) < 4.78 is 4.77. The van der Waals surface area contributed by atoms with E-state index < -0.39 is 0 Å². The van der Waals surface area contributed by atoms with Crippen LogP contribution in [0, 0.1) is 25.7 Å². The molecule has 0 amide bonds. The quantitative estimate of drug-likeness (QED) is 0.562. The van der Waals surface area contributed by atoms with E-state index in [0.717, 1.165) is 17.0 Å². The minimum atomic E-state index is -0.285. The molecule has 0 aromatic carbocycles. The Balaban J connectivity index is 2.66. The average Bonchev–Trinajstić information content (AvgIpc) is 2.22. The van der Waals surface area contributed by atoms with Gasteiger partial charge >= 0.3 is 5.97 Å². The van der Waals surface area contributed by atoms with Crippen molar-refractivity contribution >= 4 is 5.97 Å². The molecule has 1 heterocycles. The highest BCUT2D eigenvalue weighted by Crippen LogP contribution is 2.04. The predicted molar refractivity (Wildman–Crippen MR) is 61.8 cm³/mol. The number of esters is 1. The maximum absolute atomic E-state index is 11.0. The van der Waals surface area contributed by atoms with E-state index in [2.05, 4.69) is 16.8 Å². The molecule has 0 saturated carbocycles. The van der Waals surface area contributed by atoms with E-state index in [9.17, 15) is 4.79 Å². The molecule has 1 rings (SSSR count). The molecule has 0 aliphatic rings. The number of nitrogens with zero attached hydrogens (tertiary/aromatic N) is 1. The summed E-state index contributed by atoms with van der Waals surface area (Å²) in [6, 6.07) is 3.82. The molecule has 0 aliphatic heterocycles. The van der Waals surface area contributed by atoms with E-state index in [-0.39, 0.29) is 12.4 Å². The van der Waals surface area contributed by atoms with Gasteiger partial charge in [0.15, 0.2) is 0 Å². The smallest absolute Gasteiger partial charge is 0.317 e. The molecule has 0 spiro atoms. The Bertz CT molecular complexity index is 441. The van der Waals surface area contributed by atoms with Crippen LogP contribution in [0.25, 0.3) is 0 Å². The first kappa shape index (κ1) is 12.3. The first-order chi connectivity index (χ1) is 7.63. The fourth-order valence-electron chi connectivity index (χ4n) is 1.24. The van der Waals surface area contributed by atoms with Crippen LogP contribution in [-0.2, 0) is 9.53 Å². The lowest BCUT2D eigenvalue weighted by molar-refractivity contribution is -0.141. The molecular weight excluding hydrogens is 202 g/mol. The summed E-state index contributed by atoms with van der Waals surface area (Å²) in [4.78, 5) is 15.3. The minimum Gasteiger partial charge on any atom is -0.465 e. The first-order valence-electron chi connectivity index (χ1n) is 5.22. The number of hydrogen-bond acceptors (Lipinski definition) is 3. The highest BCUT2D eigenvalue weighted by Gasteiger charge is 1.98. The molecule has 0 N–H and O–H groups in total. The lowest BCUT2D eigenvalue weighted by Crippen LogP contribution is -2.01. The van der Waals surface area contributed by atoms with Gasteiger partial charge in [0.25, 0.3) is 0 Å². The van der Waals surface area contributed by atoms with Crippen molar-refractivity contribution in [2.45, 2.75) is 27.2 Å². The molecule has 1 aromatic heterocycles. The van der Waals surface area contributed by atoms with E-state index in [1.807, 2.05) is 26.0 Å². The Morgan fingerprint density at radius 1 is 1.44 bits per heavy atom. The highest BCUT2D eigenvalue weighted by molar-refractivity contribution is 5.72. The standard InChI is InChI=1S/C13H15NO2/c1-4-16-13(15)7-5-6-12-9-8-10(2)14-11(12)3/h8-9H,4,7H2,1-3H3. The summed E-state index contributed by atoms with van der Waals surface area (Å²) in [6.45, 7) is 6.01. The number of pyridine rings is 1. The predicted octanol–water partition coefficient (Wildman–Crippen LogP) is 2.00. The third-order valence-electron chi connectivity index (χ3n) is 1.99. The summed E-state index contributed by atoms with van der Waals surface area (Å²) in [5.41, 5.74) is 2.71. The van der Waals surface area contributed by atoms with Crippen molar-refractivity contribution in [3.05, 3.63) is 29.1 Å². The fraction of sp³-hybridized carbons (Fsp3) is 0.385. The van der Waals surface area contributed by atoms with Crippen LogP contribution < -0.4 is 0 Å². The Kier molecular flexibility index (Phi) is 4.53. The third kappa shape index (κ3) is 3.74. The number of ether oxygens (including phenoxy) is 1. The van der Waals surface area contributed by atoms with Gasteiger partial charge in [-0.25, -0.2) is 0 Å². The second-order valence-electron chi connectivity index (χ2n) is 3.37. The van der Waals surface area contributed by atoms with Crippen molar-refractivity contribution in [3.8, 4) is 11.8 Å². The lowest BCUT2D eigenvalue weighted by Gasteiger charge is -1.98. The van der Waals surface area contributed by atoms with Gasteiger partial charge in [0.05, 0.1) is 12.3 Å². The van der Waals surface area contributed by atoms with Crippen molar-refractivity contribution in [1.82, 2.24) is 4.98 Å². The van der Waals surface area contributed by atoms with Gasteiger partial charge in [-0.1, -0.05) is 11.8 Å². The second kappa shape index (κ2) is 5.92. The third-order valence-corrected chi connectivity index (χ3v) is 1.99. The highest BCUT2D eigenvalue weighted by atomic mass is 16.5. The molecular formula is C13H15NO2. The minimum absolute atomic E-state index is 0.126. The monoisotopic (exact) mass is 217 g/mol. The van der Waals surface area contributed by atoms with Gasteiger partial charge < -0.3 is 4.74 Å². The van der Waals surface area contributed by atoms with E-state index in [1.165, 1.54) is 0 Å². The zero-order valence-corrected chi connectivity index (χ0v) is 9.83. The Hall–Kier alpha value is -1.82.